The highest BCUT2D eigenvalue weighted by atomic mass is 35.5. The molecule has 0 saturated heterocycles. The molecule has 1 nitrogen and oxygen atoms in total. The van der Waals surface area contributed by atoms with E-state index < -0.39 is 0 Å². The first-order valence-corrected chi connectivity index (χ1v) is 6.45. The number of H-pyrrole nitrogens is 1. The molecule has 0 spiro atoms. The topological polar surface area (TPSA) is 15.8 Å². The van der Waals surface area contributed by atoms with Gasteiger partial charge < -0.3 is 4.98 Å². The number of hydrogen-bond donors (Lipinski definition) is 1. The highest BCUT2D eigenvalue weighted by molar-refractivity contribution is 6.35. The maximum Gasteiger partial charge on any atom is 0.0502 e. The van der Waals surface area contributed by atoms with Crippen molar-refractivity contribution in [1.29, 1.82) is 0 Å². The highest BCUT2D eigenvalue weighted by Crippen LogP contribution is 2.26. The Balaban J connectivity index is 0.000000509. The van der Waals surface area contributed by atoms with E-state index in [1.165, 1.54) is 10.9 Å². The average molecular weight is 240 g/mol. The van der Waals surface area contributed by atoms with Gasteiger partial charge in [-0.15, -0.1) is 0 Å². The van der Waals surface area contributed by atoms with Gasteiger partial charge in [-0.1, -0.05) is 52.3 Å². The Bertz CT molecular complexity index is 404. The first-order chi connectivity index (χ1) is 7.83. The van der Waals surface area contributed by atoms with E-state index in [4.69, 9.17) is 11.6 Å². The van der Waals surface area contributed by atoms with E-state index in [-0.39, 0.29) is 0 Å². The first-order valence-electron chi connectivity index (χ1n) is 6.07. The summed E-state index contributed by atoms with van der Waals surface area (Å²) in [6, 6.07) is 5.93. The van der Waals surface area contributed by atoms with Gasteiger partial charge in [0.25, 0.3) is 0 Å². The lowest BCUT2D eigenvalue weighted by atomic mass is 10.1. The number of aromatic amines is 1. The van der Waals surface area contributed by atoms with Gasteiger partial charge in [0, 0.05) is 17.1 Å². The van der Waals surface area contributed by atoms with Crippen molar-refractivity contribution >= 4 is 22.5 Å². The van der Waals surface area contributed by atoms with Crippen LogP contribution in [0.1, 0.15) is 40.2 Å². The average Bonchev–Trinajstić information content (AvgIpc) is 2.79. The minimum absolute atomic E-state index is 0.839. The molecule has 0 atom stereocenters. The number of rotatable bonds is 1. The quantitative estimate of drug-likeness (QED) is 0.683. The number of fused-ring (bicyclic) bond motifs is 1. The SMILES string of the molecule is CC.CC.CCc1c[nH]c2cccc(Cl)c12. The maximum absolute atomic E-state index is 6.06. The molecule has 2 heteroatoms. The van der Waals surface area contributed by atoms with E-state index in [1.807, 2.05) is 52.1 Å². The summed E-state index contributed by atoms with van der Waals surface area (Å²) in [6.45, 7) is 10.1. The third kappa shape index (κ3) is 3.28. The van der Waals surface area contributed by atoms with Crippen LogP contribution >= 0.6 is 11.6 Å². The van der Waals surface area contributed by atoms with Crippen molar-refractivity contribution in [2.45, 2.75) is 41.0 Å². The van der Waals surface area contributed by atoms with Gasteiger partial charge in [-0.3, -0.25) is 0 Å². The predicted octanol–water partition coefficient (Wildman–Crippen LogP) is 5.44. The van der Waals surface area contributed by atoms with E-state index in [1.54, 1.807) is 0 Å². The zero-order valence-electron chi connectivity index (χ0n) is 10.9. The molecule has 0 amide bonds. The molecule has 1 aromatic heterocycles. The largest absolute Gasteiger partial charge is 0.361 e. The summed E-state index contributed by atoms with van der Waals surface area (Å²) in [7, 11) is 0. The van der Waals surface area contributed by atoms with Gasteiger partial charge in [0.1, 0.15) is 0 Å². The molecular formula is C14H22ClN. The van der Waals surface area contributed by atoms with Crippen molar-refractivity contribution in [2.24, 2.45) is 0 Å². The van der Waals surface area contributed by atoms with Crippen LogP contribution in [0, 0.1) is 0 Å². The van der Waals surface area contributed by atoms with E-state index in [2.05, 4.69) is 11.9 Å². The number of aromatic nitrogens is 1. The first kappa shape index (κ1) is 15.0. The fourth-order valence-electron chi connectivity index (χ4n) is 1.49. The van der Waals surface area contributed by atoms with E-state index in [0.29, 0.717) is 0 Å². The van der Waals surface area contributed by atoms with Crippen LogP contribution in [0.4, 0.5) is 0 Å². The molecule has 0 fully saturated rings. The van der Waals surface area contributed by atoms with Gasteiger partial charge in [-0.2, -0.15) is 0 Å². The van der Waals surface area contributed by atoms with Crippen LogP contribution in [0.3, 0.4) is 0 Å². The lowest BCUT2D eigenvalue weighted by Crippen LogP contribution is -1.75. The molecule has 1 N–H and O–H groups in total. The van der Waals surface area contributed by atoms with Crippen LogP contribution in [0.5, 0.6) is 0 Å². The van der Waals surface area contributed by atoms with Crippen molar-refractivity contribution in [2.75, 3.05) is 0 Å². The summed E-state index contributed by atoms with van der Waals surface area (Å²) in [5, 5.41) is 2.01. The summed E-state index contributed by atoms with van der Waals surface area (Å²) >= 11 is 6.06. The fraction of sp³-hybridized carbons (Fsp3) is 0.429. The second-order valence-electron chi connectivity index (χ2n) is 2.83. The molecule has 16 heavy (non-hydrogen) atoms. The monoisotopic (exact) mass is 239 g/mol. The van der Waals surface area contributed by atoms with E-state index in [9.17, 15) is 0 Å². The molecule has 1 aromatic carbocycles. The number of aryl methyl sites for hydroxylation is 1. The molecule has 0 unspecified atom stereocenters. The molecule has 0 aliphatic rings. The van der Waals surface area contributed by atoms with Crippen LogP contribution in [0.15, 0.2) is 24.4 Å². The molecule has 0 bridgehead atoms. The molecule has 2 rings (SSSR count). The van der Waals surface area contributed by atoms with Gasteiger partial charge in [0.15, 0.2) is 0 Å². The third-order valence-corrected chi connectivity index (χ3v) is 2.43. The highest BCUT2D eigenvalue weighted by Gasteiger charge is 2.04. The normalized spacial score (nSPS) is 8.88. The van der Waals surface area contributed by atoms with Gasteiger partial charge in [-0.05, 0) is 24.1 Å². The molecule has 2 aromatic rings. The Morgan fingerprint density at radius 2 is 1.75 bits per heavy atom. The second kappa shape index (κ2) is 8.23. The molecular weight excluding hydrogens is 218 g/mol. The third-order valence-electron chi connectivity index (χ3n) is 2.12. The van der Waals surface area contributed by atoms with Gasteiger partial charge in [0.05, 0.1) is 5.02 Å². The van der Waals surface area contributed by atoms with Crippen LogP contribution in [-0.4, -0.2) is 4.98 Å². The van der Waals surface area contributed by atoms with Crippen LogP contribution in [-0.2, 0) is 6.42 Å². The minimum atomic E-state index is 0.839. The molecule has 0 aliphatic carbocycles. The van der Waals surface area contributed by atoms with Gasteiger partial charge in [-0.25, -0.2) is 0 Å². The number of hydrogen-bond acceptors (Lipinski definition) is 0. The van der Waals surface area contributed by atoms with Crippen molar-refractivity contribution < 1.29 is 0 Å². The maximum atomic E-state index is 6.06. The molecule has 0 saturated carbocycles. The summed E-state index contributed by atoms with van der Waals surface area (Å²) in [6.07, 6.45) is 3.04. The second-order valence-corrected chi connectivity index (χ2v) is 3.24. The molecule has 0 radical (unpaired) electrons. The van der Waals surface area contributed by atoms with Gasteiger partial charge in [0.2, 0.25) is 0 Å². The van der Waals surface area contributed by atoms with Gasteiger partial charge >= 0.3 is 0 Å². The zero-order valence-corrected chi connectivity index (χ0v) is 11.7. The Kier molecular flexibility index (Phi) is 7.74. The summed E-state index contributed by atoms with van der Waals surface area (Å²) in [5.41, 5.74) is 2.41. The molecule has 1 heterocycles. The Hall–Kier alpha value is -0.950. The summed E-state index contributed by atoms with van der Waals surface area (Å²) in [4.78, 5) is 3.20. The lowest BCUT2D eigenvalue weighted by molar-refractivity contribution is 1.15. The minimum Gasteiger partial charge on any atom is -0.361 e. The number of benzene rings is 1. The van der Waals surface area contributed by atoms with Crippen molar-refractivity contribution in [3.63, 3.8) is 0 Å². The van der Waals surface area contributed by atoms with Crippen LogP contribution in [0.2, 0.25) is 5.02 Å². The lowest BCUT2D eigenvalue weighted by Gasteiger charge is -1.95. The Morgan fingerprint density at radius 1 is 1.12 bits per heavy atom. The van der Waals surface area contributed by atoms with E-state index in [0.717, 1.165) is 17.0 Å². The predicted molar refractivity (Wildman–Crippen MR) is 75.4 cm³/mol. The zero-order chi connectivity index (χ0) is 12.6. The Labute approximate surface area is 104 Å². The van der Waals surface area contributed by atoms with Crippen molar-refractivity contribution in [1.82, 2.24) is 4.98 Å². The smallest absolute Gasteiger partial charge is 0.0502 e. The van der Waals surface area contributed by atoms with Crippen LogP contribution < -0.4 is 0 Å². The molecule has 0 aliphatic heterocycles. The number of halogens is 1. The standard InChI is InChI=1S/C10H10ClN.2C2H6/c1-2-7-6-12-9-5-3-4-8(11)10(7)9;2*1-2/h3-6,12H,2H2,1H3;2*1-2H3. The number of nitrogens with one attached hydrogen (secondary N) is 1. The Morgan fingerprint density at radius 3 is 2.31 bits per heavy atom. The fourth-order valence-corrected chi connectivity index (χ4v) is 1.78. The van der Waals surface area contributed by atoms with Crippen LogP contribution in [0.25, 0.3) is 10.9 Å². The van der Waals surface area contributed by atoms with Crippen molar-refractivity contribution in [3.8, 4) is 0 Å². The van der Waals surface area contributed by atoms with Crippen molar-refractivity contribution in [3.05, 3.63) is 35.0 Å². The summed E-state index contributed by atoms with van der Waals surface area (Å²) < 4.78 is 0. The summed E-state index contributed by atoms with van der Waals surface area (Å²) in [5.74, 6) is 0. The molecule has 90 valence electrons. The van der Waals surface area contributed by atoms with E-state index >= 15 is 0 Å².